The van der Waals surface area contributed by atoms with Gasteiger partial charge in [0.05, 0.1) is 0 Å². The molecule has 3 aromatic rings. The summed E-state index contributed by atoms with van der Waals surface area (Å²) in [6.07, 6.45) is 0.776. The lowest BCUT2D eigenvalue weighted by Gasteiger charge is -2.31. The monoisotopic (exact) mass is 455 g/mol. The summed E-state index contributed by atoms with van der Waals surface area (Å²) in [5.74, 6) is 0.464. The third-order valence-electron chi connectivity index (χ3n) is 5.27. The highest BCUT2D eigenvalue weighted by molar-refractivity contribution is 6.30. The topological polar surface area (TPSA) is 38.3 Å². The summed E-state index contributed by atoms with van der Waals surface area (Å²) >= 11 is 12.1. The van der Waals surface area contributed by atoms with Crippen LogP contribution in [0.1, 0.15) is 37.8 Å². The number of halogens is 2. The number of amides is 1. The number of rotatable bonds is 8. The lowest BCUT2D eigenvalue weighted by atomic mass is 9.86. The predicted octanol–water partition coefficient (Wildman–Crippen LogP) is 6.68. The van der Waals surface area contributed by atoms with Crippen molar-refractivity contribution in [2.45, 2.75) is 44.8 Å². The molecule has 3 rings (SSSR count). The van der Waals surface area contributed by atoms with Crippen molar-refractivity contribution in [2.75, 3.05) is 0 Å². The fraction of sp³-hybridized carbons (Fsp3) is 0.269. The van der Waals surface area contributed by atoms with Gasteiger partial charge >= 0.3 is 0 Å². The standard InChI is InChI=1S/C26H27Cl2NO2/c1-18(29-25(30)26(2,3)31-23-11-7-10-22(28)17-23)24(20-8-5-4-6-9-20)16-19-12-14-21(27)15-13-19/h4-15,17-18,24H,16H2,1-3H3,(H,29,30)/t18-,24+/m0/s1. The van der Waals surface area contributed by atoms with E-state index in [2.05, 4.69) is 17.4 Å². The minimum absolute atomic E-state index is 0.0910. The van der Waals surface area contributed by atoms with Gasteiger partial charge in [-0.1, -0.05) is 71.7 Å². The van der Waals surface area contributed by atoms with Crippen LogP contribution in [-0.4, -0.2) is 17.6 Å². The summed E-state index contributed by atoms with van der Waals surface area (Å²) in [7, 11) is 0. The average molecular weight is 456 g/mol. The highest BCUT2D eigenvalue weighted by Crippen LogP contribution is 2.27. The van der Waals surface area contributed by atoms with Gasteiger partial charge in [0, 0.05) is 22.0 Å². The second-order valence-electron chi connectivity index (χ2n) is 8.18. The molecule has 3 aromatic carbocycles. The molecule has 2 atom stereocenters. The largest absolute Gasteiger partial charge is 0.478 e. The van der Waals surface area contributed by atoms with E-state index in [-0.39, 0.29) is 17.9 Å². The smallest absolute Gasteiger partial charge is 0.263 e. The van der Waals surface area contributed by atoms with Gasteiger partial charge in [-0.25, -0.2) is 0 Å². The number of ether oxygens (including phenoxy) is 1. The SMILES string of the molecule is C[C@H](NC(=O)C(C)(C)Oc1cccc(Cl)c1)[C@@H](Cc1ccc(Cl)cc1)c1ccccc1. The maximum atomic E-state index is 13.1. The number of nitrogens with one attached hydrogen (secondary N) is 1. The van der Waals surface area contributed by atoms with Crippen LogP contribution in [0.15, 0.2) is 78.9 Å². The van der Waals surface area contributed by atoms with Gasteiger partial charge in [-0.05, 0) is 68.7 Å². The Labute approximate surface area is 194 Å². The number of hydrogen-bond donors (Lipinski definition) is 1. The molecular weight excluding hydrogens is 429 g/mol. The van der Waals surface area contributed by atoms with Gasteiger partial charge in [0.25, 0.3) is 5.91 Å². The van der Waals surface area contributed by atoms with Crippen LogP contribution in [0.4, 0.5) is 0 Å². The van der Waals surface area contributed by atoms with Gasteiger partial charge in [-0.2, -0.15) is 0 Å². The predicted molar refractivity (Wildman–Crippen MR) is 128 cm³/mol. The van der Waals surface area contributed by atoms with Crippen molar-refractivity contribution in [3.05, 3.63) is 100 Å². The van der Waals surface area contributed by atoms with E-state index >= 15 is 0 Å². The third-order valence-corrected chi connectivity index (χ3v) is 5.76. The summed E-state index contributed by atoms with van der Waals surface area (Å²) in [6, 6.07) is 25.0. The first-order chi connectivity index (χ1) is 14.7. The summed E-state index contributed by atoms with van der Waals surface area (Å²) in [5, 5.41) is 4.44. The van der Waals surface area contributed by atoms with Crippen LogP contribution in [-0.2, 0) is 11.2 Å². The third kappa shape index (κ3) is 6.49. The van der Waals surface area contributed by atoms with Crippen molar-refractivity contribution in [3.63, 3.8) is 0 Å². The first-order valence-corrected chi connectivity index (χ1v) is 11.0. The Hall–Kier alpha value is -2.49. The summed E-state index contributed by atoms with van der Waals surface area (Å²) in [5.41, 5.74) is 1.27. The molecule has 0 radical (unpaired) electrons. The number of carbonyl (C=O) groups excluding carboxylic acids is 1. The second-order valence-corrected chi connectivity index (χ2v) is 9.05. The molecule has 0 aromatic heterocycles. The second kappa shape index (κ2) is 10.2. The zero-order valence-electron chi connectivity index (χ0n) is 17.9. The Kier molecular flexibility index (Phi) is 7.64. The molecular formula is C26H27Cl2NO2. The maximum absolute atomic E-state index is 13.1. The van der Waals surface area contributed by atoms with Crippen LogP contribution in [0.25, 0.3) is 0 Å². The Morgan fingerprint density at radius 3 is 2.26 bits per heavy atom. The fourth-order valence-electron chi connectivity index (χ4n) is 3.51. The van der Waals surface area contributed by atoms with Crippen molar-refractivity contribution in [1.82, 2.24) is 5.32 Å². The minimum atomic E-state index is -1.06. The molecule has 162 valence electrons. The van der Waals surface area contributed by atoms with Crippen LogP contribution in [0.3, 0.4) is 0 Å². The number of benzene rings is 3. The van der Waals surface area contributed by atoms with Gasteiger partial charge in [0.1, 0.15) is 5.75 Å². The van der Waals surface area contributed by atoms with E-state index < -0.39 is 5.60 Å². The summed E-state index contributed by atoms with van der Waals surface area (Å²) in [6.45, 7) is 5.54. The van der Waals surface area contributed by atoms with Crippen molar-refractivity contribution in [2.24, 2.45) is 0 Å². The number of hydrogen-bond acceptors (Lipinski definition) is 2. The molecule has 0 aliphatic rings. The van der Waals surface area contributed by atoms with Crippen LogP contribution in [0.5, 0.6) is 5.75 Å². The molecule has 5 heteroatoms. The molecule has 0 spiro atoms. The van der Waals surface area contributed by atoms with Gasteiger partial charge in [0.2, 0.25) is 0 Å². The molecule has 1 N–H and O–H groups in total. The normalized spacial score (nSPS) is 13.3. The van der Waals surface area contributed by atoms with Crippen LogP contribution in [0, 0.1) is 0 Å². The highest BCUT2D eigenvalue weighted by atomic mass is 35.5. The molecule has 1 amide bonds. The Bertz CT molecular complexity index is 1000. The fourth-order valence-corrected chi connectivity index (χ4v) is 3.82. The van der Waals surface area contributed by atoms with E-state index in [1.165, 1.54) is 5.56 Å². The average Bonchev–Trinajstić information content (AvgIpc) is 2.73. The molecule has 0 aliphatic heterocycles. The van der Waals surface area contributed by atoms with Crippen molar-refractivity contribution in [3.8, 4) is 5.75 Å². The van der Waals surface area contributed by atoms with Gasteiger partial charge in [0.15, 0.2) is 5.60 Å². The van der Waals surface area contributed by atoms with Crippen molar-refractivity contribution >= 4 is 29.1 Å². The Balaban J connectivity index is 1.76. The lowest BCUT2D eigenvalue weighted by molar-refractivity contribution is -0.135. The Morgan fingerprint density at radius 2 is 1.61 bits per heavy atom. The van der Waals surface area contributed by atoms with Crippen LogP contribution < -0.4 is 10.1 Å². The van der Waals surface area contributed by atoms with E-state index in [4.69, 9.17) is 27.9 Å². The van der Waals surface area contributed by atoms with Crippen LogP contribution >= 0.6 is 23.2 Å². The molecule has 3 nitrogen and oxygen atoms in total. The molecule has 0 aliphatic carbocycles. The van der Waals surface area contributed by atoms with E-state index in [0.717, 1.165) is 12.0 Å². The zero-order valence-corrected chi connectivity index (χ0v) is 19.5. The number of carbonyl (C=O) groups is 1. The zero-order chi connectivity index (χ0) is 22.4. The first kappa shape index (κ1) is 23.2. The van der Waals surface area contributed by atoms with Crippen LogP contribution in [0.2, 0.25) is 10.0 Å². The highest BCUT2D eigenvalue weighted by Gasteiger charge is 2.33. The molecule has 31 heavy (non-hydrogen) atoms. The molecule has 0 heterocycles. The van der Waals surface area contributed by atoms with E-state index in [0.29, 0.717) is 15.8 Å². The molecule has 0 saturated carbocycles. The molecule has 0 fully saturated rings. The van der Waals surface area contributed by atoms with Crippen molar-refractivity contribution < 1.29 is 9.53 Å². The van der Waals surface area contributed by atoms with Gasteiger partial charge < -0.3 is 10.1 Å². The van der Waals surface area contributed by atoms with E-state index in [1.54, 1.807) is 38.1 Å². The quantitative estimate of drug-likeness (QED) is 0.411. The van der Waals surface area contributed by atoms with Gasteiger partial charge in [-0.3, -0.25) is 4.79 Å². The van der Waals surface area contributed by atoms with E-state index in [1.807, 2.05) is 49.4 Å². The lowest BCUT2D eigenvalue weighted by Crippen LogP contribution is -2.51. The van der Waals surface area contributed by atoms with E-state index in [9.17, 15) is 4.79 Å². The minimum Gasteiger partial charge on any atom is -0.478 e. The van der Waals surface area contributed by atoms with Crippen molar-refractivity contribution in [1.29, 1.82) is 0 Å². The van der Waals surface area contributed by atoms with Gasteiger partial charge in [-0.15, -0.1) is 0 Å². The molecule has 0 saturated heterocycles. The first-order valence-electron chi connectivity index (χ1n) is 10.3. The summed E-state index contributed by atoms with van der Waals surface area (Å²) < 4.78 is 5.95. The summed E-state index contributed by atoms with van der Waals surface area (Å²) in [4.78, 5) is 13.1. The molecule has 0 unspecified atom stereocenters. The Morgan fingerprint density at radius 1 is 0.935 bits per heavy atom. The maximum Gasteiger partial charge on any atom is 0.263 e. The molecule has 0 bridgehead atoms.